The summed E-state index contributed by atoms with van der Waals surface area (Å²) in [4.78, 5) is 7.31. The Morgan fingerprint density at radius 3 is 2.38 bits per heavy atom. The van der Waals surface area contributed by atoms with Crippen LogP contribution in [0.1, 0.15) is 47.9 Å². The van der Waals surface area contributed by atoms with Crippen molar-refractivity contribution < 1.29 is 0 Å². The first-order valence-electron chi connectivity index (χ1n) is 9.33. The third-order valence-electron chi connectivity index (χ3n) is 5.12. The fraction of sp³-hybridized carbons (Fsp3) is 0.348. The van der Waals surface area contributed by atoms with E-state index in [4.69, 9.17) is 16.6 Å². The molecule has 1 aliphatic rings. The number of rotatable bonds is 4. The van der Waals surface area contributed by atoms with Crippen LogP contribution in [-0.2, 0) is 0 Å². The molecule has 1 saturated carbocycles. The molecule has 0 spiro atoms. The SMILES string of the molecule is C=CN(/C(=N\c1cc(C)ccc1C)c1ccc(C)cc1Cl)C1CCCC1. The summed E-state index contributed by atoms with van der Waals surface area (Å²) in [7, 11) is 0. The summed E-state index contributed by atoms with van der Waals surface area (Å²) in [6.07, 6.45) is 6.76. The highest BCUT2D eigenvalue weighted by Gasteiger charge is 2.25. The Bertz CT molecular complexity index is 832. The lowest BCUT2D eigenvalue weighted by molar-refractivity contribution is 0.409. The van der Waals surface area contributed by atoms with Gasteiger partial charge in [0.1, 0.15) is 5.84 Å². The highest BCUT2D eigenvalue weighted by atomic mass is 35.5. The number of amidine groups is 1. The predicted octanol–water partition coefficient (Wildman–Crippen LogP) is 6.73. The Morgan fingerprint density at radius 1 is 1.08 bits per heavy atom. The van der Waals surface area contributed by atoms with Crippen LogP contribution >= 0.6 is 11.6 Å². The van der Waals surface area contributed by atoms with E-state index in [1.54, 1.807) is 0 Å². The zero-order valence-corrected chi connectivity index (χ0v) is 16.7. The van der Waals surface area contributed by atoms with Crippen LogP contribution in [0.15, 0.2) is 54.2 Å². The van der Waals surface area contributed by atoms with E-state index in [0.29, 0.717) is 6.04 Å². The van der Waals surface area contributed by atoms with Crippen LogP contribution in [-0.4, -0.2) is 16.8 Å². The van der Waals surface area contributed by atoms with Gasteiger partial charge >= 0.3 is 0 Å². The van der Waals surface area contributed by atoms with Crippen molar-refractivity contribution in [3.05, 3.63) is 76.5 Å². The molecule has 26 heavy (non-hydrogen) atoms. The predicted molar refractivity (Wildman–Crippen MR) is 113 cm³/mol. The fourth-order valence-electron chi connectivity index (χ4n) is 3.60. The van der Waals surface area contributed by atoms with Gasteiger partial charge < -0.3 is 4.90 Å². The molecule has 2 aromatic carbocycles. The largest absolute Gasteiger partial charge is 0.330 e. The Morgan fingerprint density at radius 2 is 1.73 bits per heavy atom. The molecule has 0 amide bonds. The van der Waals surface area contributed by atoms with Gasteiger partial charge in [-0.3, -0.25) is 0 Å². The third kappa shape index (κ3) is 4.02. The van der Waals surface area contributed by atoms with E-state index in [2.05, 4.69) is 62.6 Å². The molecule has 0 unspecified atom stereocenters. The minimum absolute atomic E-state index is 0.439. The molecule has 2 nitrogen and oxygen atoms in total. The molecule has 0 saturated heterocycles. The molecule has 0 radical (unpaired) electrons. The van der Waals surface area contributed by atoms with Crippen molar-refractivity contribution in [2.24, 2.45) is 4.99 Å². The van der Waals surface area contributed by atoms with Crippen molar-refractivity contribution in [2.45, 2.75) is 52.5 Å². The van der Waals surface area contributed by atoms with E-state index < -0.39 is 0 Å². The maximum Gasteiger partial charge on any atom is 0.142 e. The molecule has 0 atom stereocenters. The van der Waals surface area contributed by atoms with Gasteiger partial charge in [0.15, 0.2) is 0 Å². The summed E-state index contributed by atoms with van der Waals surface area (Å²) in [6, 6.07) is 13.0. The summed E-state index contributed by atoms with van der Waals surface area (Å²) in [5.41, 5.74) is 5.46. The van der Waals surface area contributed by atoms with Crippen LogP contribution in [0.5, 0.6) is 0 Å². The smallest absolute Gasteiger partial charge is 0.142 e. The van der Waals surface area contributed by atoms with Crippen molar-refractivity contribution in [3.63, 3.8) is 0 Å². The fourth-order valence-corrected chi connectivity index (χ4v) is 3.92. The molecule has 1 aliphatic carbocycles. The van der Waals surface area contributed by atoms with Gasteiger partial charge in [0, 0.05) is 11.6 Å². The summed E-state index contributed by atoms with van der Waals surface area (Å²) in [5, 5.41) is 0.735. The van der Waals surface area contributed by atoms with Gasteiger partial charge in [-0.05, 0) is 74.7 Å². The van der Waals surface area contributed by atoms with Crippen molar-refractivity contribution in [2.75, 3.05) is 0 Å². The van der Waals surface area contributed by atoms with Crippen molar-refractivity contribution in [3.8, 4) is 0 Å². The number of hydrogen-bond acceptors (Lipinski definition) is 1. The standard InChI is InChI=1S/C23H27ClN2/c1-5-26(19-8-6-7-9-19)23(20-13-11-16(2)14-21(20)24)25-22-15-17(3)10-12-18(22)4/h5,10-15,19H,1,6-9H2,2-4H3/b25-23-. The maximum absolute atomic E-state index is 6.63. The minimum Gasteiger partial charge on any atom is -0.330 e. The molecule has 2 aromatic rings. The van der Waals surface area contributed by atoms with Crippen molar-refractivity contribution >= 4 is 23.1 Å². The maximum atomic E-state index is 6.63. The molecular formula is C23H27ClN2. The van der Waals surface area contributed by atoms with E-state index in [1.165, 1.54) is 31.2 Å². The Kier molecular flexibility index (Phi) is 5.83. The number of aliphatic imine (C=N–C) groups is 1. The topological polar surface area (TPSA) is 15.6 Å². The number of aryl methyl sites for hydroxylation is 3. The summed E-state index contributed by atoms with van der Waals surface area (Å²) < 4.78 is 0. The normalized spacial score (nSPS) is 15.3. The highest BCUT2D eigenvalue weighted by molar-refractivity contribution is 6.34. The molecule has 0 aromatic heterocycles. The lowest BCUT2D eigenvalue weighted by Crippen LogP contribution is -2.35. The number of halogens is 1. The molecule has 1 fully saturated rings. The average molecular weight is 367 g/mol. The van der Waals surface area contributed by atoms with Gasteiger partial charge in [0.25, 0.3) is 0 Å². The average Bonchev–Trinajstić information content (AvgIpc) is 3.12. The van der Waals surface area contributed by atoms with E-state index in [0.717, 1.165) is 33.2 Å². The molecule has 136 valence electrons. The van der Waals surface area contributed by atoms with E-state index in [-0.39, 0.29) is 0 Å². The molecule has 3 heteroatoms. The van der Waals surface area contributed by atoms with Gasteiger partial charge in [-0.2, -0.15) is 0 Å². The van der Waals surface area contributed by atoms with Crippen LogP contribution in [0.25, 0.3) is 0 Å². The number of nitrogens with zero attached hydrogens (tertiary/aromatic N) is 2. The second-order valence-electron chi connectivity index (χ2n) is 7.24. The zero-order valence-electron chi connectivity index (χ0n) is 15.9. The molecule has 0 aliphatic heterocycles. The quantitative estimate of drug-likeness (QED) is 0.432. The van der Waals surface area contributed by atoms with Crippen LogP contribution in [0.2, 0.25) is 5.02 Å². The second kappa shape index (κ2) is 8.09. The molecule has 0 heterocycles. The van der Waals surface area contributed by atoms with Gasteiger partial charge in [-0.15, -0.1) is 0 Å². The summed E-state index contributed by atoms with van der Waals surface area (Å²) in [5.74, 6) is 0.894. The van der Waals surface area contributed by atoms with E-state index >= 15 is 0 Å². The number of hydrogen-bond donors (Lipinski definition) is 0. The Balaban J connectivity index is 2.16. The van der Waals surface area contributed by atoms with Crippen molar-refractivity contribution in [1.82, 2.24) is 4.90 Å². The summed E-state index contributed by atoms with van der Waals surface area (Å²) >= 11 is 6.63. The minimum atomic E-state index is 0.439. The van der Waals surface area contributed by atoms with E-state index in [1.807, 2.05) is 12.3 Å². The molecular weight excluding hydrogens is 340 g/mol. The molecule has 3 rings (SSSR count). The van der Waals surface area contributed by atoms with Crippen LogP contribution in [0.3, 0.4) is 0 Å². The first-order chi connectivity index (χ1) is 12.5. The summed E-state index contributed by atoms with van der Waals surface area (Å²) in [6.45, 7) is 10.3. The van der Waals surface area contributed by atoms with Crippen LogP contribution < -0.4 is 0 Å². The van der Waals surface area contributed by atoms with Gasteiger partial charge in [0.2, 0.25) is 0 Å². The van der Waals surface area contributed by atoms with Crippen molar-refractivity contribution in [1.29, 1.82) is 0 Å². The van der Waals surface area contributed by atoms with Crippen LogP contribution in [0.4, 0.5) is 5.69 Å². The van der Waals surface area contributed by atoms with Gasteiger partial charge in [-0.25, -0.2) is 4.99 Å². The lowest BCUT2D eigenvalue weighted by Gasteiger charge is -2.29. The Labute approximate surface area is 162 Å². The number of benzene rings is 2. The first-order valence-corrected chi connectivity index (χ1v) is 9.70. The first kappa shape index (κ1) is 18.7. The molecule has 0 bridgehead atoms. The lowest BCUT2D eigenvalue weighted by atomic mass is 10.1. The van der Waals surface area contributed by atoms with Crippen LogP contribution in [0, 0.1) is 20.8 Å². The van der Waals surface area contributed by atoms with Gasteiger partial charge in [0.05, 0.1) is 10.7 Å². The zero-order chi connectivity index (χ0) is 18.7. The third-order valence-corrected chi connectivity index (χ3v) is 5.43. The van der Waals surface area contributed by atoms with E-state index in [9.17, 15) is 0 Å². The molecule has 0 N–H and O–H groups in total. The second-order valence-corrected chi connectivity index (χ2v) is 7.64. The monoisotopic (exact) mass is 366 g/mol. The Hall–Kier alpha value is -2.06. The van der Waals surface area contributed by atoms with Gasteiger partial charge in [-0.1, -0.05) is 49.2 Å². The highest BCUT2D eigenvalue weighted by Crippen LogP contribution is 2.30.